The number of hydrogen-bond donors (Lipinski definition) is 1. The third-order valence-electron chi connectivity index (χ3n) is 5.75. The topological polar surface area (TPSA) is 66.8 Å². The molecule has 32 heavy (non-hydrogen) atoms. The molecular weight excluding hydrogens is 422 g/mol. The SMILES string of the molecule is COc1c(C)cc(C)cc1/C(O)=C1/C(=O)C(=O)N(c2ccc(C)cc2C)C1c1cccs1. The highest BCUT2D eigenvalue weighted by molar-refractivity contribution is 7.10. The van der Waals surface area contributed by atoms with Crippen LogP contribution in [0.4, 0.5) is 5.69 Å². The predicted octanol–water partition coefficient (Wildman–Crippen LogP) is 5.62. The van der Waals surface area contributed by atoms with Crippen LogP contribution in [-0.2, 0) is 9.59 Å². The summed E-state index contributed by atoms with van der Waals surface area (Å²) in [6.45, 7) is 7.69. The average Bonchev–Trinajstić information content (AvgIpc) is 3.35. The zero-order chi connectivity index (χ0) is 23.2. The maximum Gasteiger partial charge on any atom is 0.300 e. The van der Waals surface area contributed by atoms with Crippen molar-refractivity contribution in [2.75, 3.05) is 12.0 Å². The van der Waals surface area contributed by atoms with Gasteiger partial charge in [0.25, 0.3) is 11.7 Å². The number of nitrogens with zero attached hydrogens (tertiary/aromatic N) is 1. The predicted molar refractivity (Wildman–Crippen MR) is 127 cm³/mol. The maximum atomic E-state index is 13.3. The molecular formula is C26H25NO4S. The number of benzene rings is 2. The Morgan fingerprint density at radius 3 is 2.34 bits per heavy atom. The lowest BCUT2D eigenvalue weighted by Crippen LogP contribution is -2.29. The van der Waals surface area contributed by atoms with Gasteiger partial charge in [0.1, 0.15) is 17.6 Å². The van der Waals surface area contributed by atoms with E-state index in [1.807, 2.05) is 69.5 Å². The largest absolute Gasteiger partial charge is 0.507 e. The van der Waals surface area contributed by atoms with Crippen molar-refractivity contribution in [2.24, 2.45) is 0 Å². The standard InChI is InChI=1S/C26H25NO4S/c1-14-8-9-19(16(3)11-14)27-22(20-7-6-10-32-20)21(24(29)26(27)30)23(28)18-13-15(2)12-17(4)25(18)31-5/h6-13,22,28H,1-5H3/b23-21-. The first-order valence-electron chi connectivity index (χ1n) is 10.3. The molecule has 1 atom stereocenters. The number of anilines is 1. The summed E-state index contributed by atoms with van der Waals surface area (Å²) in [7, 11) is 1.53. The first-order chi connectivity index (χ1) is 15.2. The van der Waals surface area contributed by atoms with E-state index in [4.69, 9.17) is 4.74 Å². The van der Waals surface area contributed by atoms with Crippen LogP contribution in [0.25, 0.3) is 5.76 Å². The van der Waals surface area contributed by atoms with Crippen LogP contribution in [0, 0.1) is 27.7 Å². The molecule has 5 nitrogen and oxygen atoms in total. The molecule has 0 radical (unpaired) electrons. The first kappa shape index (κ1) is 21.8. The van der Waals surface area contributed by atoms with E-state index in [0.29, 0.717) is 17.0 Å². The fourth-order valence-corrected chi connectivity index (χ4v) is 5.24. The summed E-state index contributed by atoms with van der Waals surface area (Å²) in [5.41, 5.74) is 4.84. The van der Waals surface area contributed by atoms with E-state index in [1.165, 1.54) is 23.3 Å². The van der Waals surface area contributed by atoms with Crippen LogP contribution in [-0.4, -0.2) is 23.9 Å². The van der Waals surface area contributed by atoms with E-state index in [0.717, 1.165) is 27.1 Å². The highest BCUT2D eigenvalue weighted by Gasteiger charge is 2.48. The number of carbonyl (C=O) groups excluding carboxylic acids is 2. The Labute approximate surface area is 191 Å². The number of thiophene rings is 1. The van der Waals surface area contributed by atoms with Crippen molar-refractivity contribution in [1.29, 1.82) is 0 Å². The average molecular weight is 448 g/mol. The minimum Gasteiger partial charge on any atom is -0.507 e. The summed E-state index contributed by atoms with van der Waals surface area (Å²) in [6.07, 6.45) is 0. The molecule has 2 aromatic carbocycles. The molecule has 3 aromatic rings. The van der Waals surface area contributed by atoms with Gasteiger partial charge in [-0.15, -0.1) is 11.3 Å². The van der Waals surface area contributed by atoms with Gasteiger partial charge in [0.2, 0.25) is 0 Å². The molecule has 164 valence electrons. The lowest BCUT2D eigenvalue weighted by Gasteiger charge is -2.26. The fraction of sp³-hybridized carbons (Fsp3) is 0.231. The second-order valence-corrected chi connectivity index (χ2v) is 9.12. The lowest BCUT2D eigenvalue weighted by molar-refractivity contribution is -0.132. The van der Waals surface area contributed by atoms with Crippen LogP contribution in [0.15, 0.2) is 53.4 Å². The van der Waals surface area contributed by atoms with Crippen molar-refractivity contribution in [3.8, 4) is 5.75 Å². The van der Waals surface area contributed by atoms with Crippen LogP contribution < -0.4 is 9.64 Å². The number of ketones is 1. The van der Waals surface area contributed by atoms with Gasteiger partial charge in [0.15, 0.2) is 0 Å². The molecule has 1 amide bonds. The fourth-order valence-electron chi connectivity index (χ4n) is 4.42. The molecule has 1 saturated heterocycles. The van der Waals surface area contributed by atoms with Crippen molar-refractivity contribution in [2.45, 2.75) is 33.7 Å². The number of carbonyl (C=O) groups is 2. The second kappa shape index (κ2) is 8.28. The van der Waals surface area contributed by atoms with Crippen molar-refractivity contribution >= 4 is 34.5 Å². The molecule has 6 heteroatoms. The summed E-state index contributed by atoms with van der Waals surface area (Å²) in [5.74, 6) is -1.10. The van der Waals surface area contributed by atoms with Gasteiger partial charge < -0.3 is 9.84 Å². The van der Waals surface area contributed by atoms with Gasteiger partial charge in [0, 0.05) is 10.6 Å². The quantitative estimate of drug-likeness (QED) is 0.320. The summed E-state index contributed by atoms with van der Waals surface area (Å²) in [5, 5.41) is 13.3. The van der Waals surface area contributed by atoms with Gasteiger partial charge >= 0.3 is 0 Å². The molecule has 1 N–H and O–H groups in total. The molecule has 2 heterocycles. The van der Waals surface area contributed by atoms with E-state index in [1.54, 1.807) is 6.07 Å². The Morgan fingerprint density at radius 2 is 1.72 bits per heavy atom. The van der Waals surface area contributed by atoms with Gasteiger partial charge in [0.05, 0.1) is 18.2 Å². The van der Waals surface area contributed by atoms with Crippen LogP contribution in [0.2, 0.25) is 0 Å². The van der Waals surface area contributed by atoms with Gasteiger partial charge in [-0.1, -0.05) is 29.8 Å². The number of rotatable bonds is 4. The number of Topliss-reactive ketones (excluding diaryl/α,β-unsaturated/α-hetero) is 1. The number of ether oxygens (including phenoxy) is 1. The number of aliphatic hydroxyl groups is 1. The Balaban J connectivity index is 2.00. The Morgan fingerprint density at radius 1 is 1.00 bits per heavy atom. The van der Waals surface area contributed by atoms with E-state index in [9.17, 15) is 14.7 Å². The van der Waals surface area contributed by atoms with Crippen LogP contribution >= 0.6 is 11.3 Å². The van der Waals surface area contributed by atoms with Crippen LogP contribution in [0.5, 0.6) is 5.75 Å². The zero-order valence-corrected chi connectivity index (χ0v) is 19.5. The van der Waals surface area contributed by atoms with E-state index >= 15 is 0 Å². The van der Waals surface area contributed by atoms with Gasteiger partial charge in [-0.05, 0) is 68.0 Å². The second-order valence-electron chi connectivity index (χ2n) is 8.14. The summed E-state index contributed by atoms with van der Waals surface area (Å²) in [4.78, 5) is 28.9. The molecule has 0 spiro atoms. The number of aryl methyl sites for hydroxylation is 4. The molecule has 0 aliphatic carbocycles. The highest BCUT2D eigenvalue weighted by Crippen LogP contribution is 2.45. The van der Waals surface area contributed by atoms with Gasteiger partial charge in [-0.25, -0.2) is 0 Å². The summed E-state index contributed by atoms with van der Waals surface area (Å²) >= 11 is 1.44. The maximum absolute atomic E-state index is 13.3. The first-order valence-corrected chi connectivity index (χ1v) is 11.2. The number of hydrogen-bond acceptors (Lipinski definition) is 5. The van der Waals surface area contributed by atoms with Crippen molar-refractivity contribution in [3.05, 3.63) is 86.1 Å². The molecule has 1 aromatic heterocycles. The highest BCUT2D eigenvalue weighted by atomic mass is 32.1. The number of methoxy groups -OCH3 is 1. The Kier molecular flexibility index (Phi) is 5.65. The number of amides is 1. The summed E-state index contributed by atoms with van der Waals surface area (Å²) in [6, 6.07) is 12.5. The molecule has 1 unspecified atom stereocenters. The van der Waals surface area contributed by atoms with E-state index in [-0.39, 0.29) is 11.3 Å². The normalized spacial score (nSPS) is 17.8. The Bertz CT molecular complexity index is 1260. The molecule has 0 bridgehead atoms. The van der Waals surface area contributed by atoms with Crippen molar-refractivity contribution in [3.63, 3.8) is 0 Å². The molecule has 1 aliphatic rings. The molecule has 1 aliphatic heterocycles. The minimum absolute atomic E-state index is 0.0701. The zero-order valence-electron chi connectivity index (χ0n) is 18.7. The molecule has 1 fully saturated rings. The van der Waals surface area contributed by atoms with Crippen LogP contribution in [0.1, 0.15) is 38.7 Å². The van der Waals surface area contributed by atoms with E-state index < -0.39 is 17.7 Å². The third kappa shape index (κ3) is 3.50. The smallest absolute Gasteiger partial charge is 0.300 e. The van der Waals surface area contributed by atoms with Crippen molar-refractivity contribution < 1.29 is 19.4 Å². The molecule has 4 rings (SSSR count). The van der Waals surface area contributed by atoms with Gasteiger partial charge in [-0.3, -0.25) is 14.5 Å². The Hall–Kier alpha value is -3.38. The summed E-state index contributed by atoms with van der Waals surface area (Å²) < 4.78 is 5.54. The monoisotopic (exact) mass is 447 g/mol. The van der Waals surface area contributed by atoms with Crippen molar-refractivity contribution in [1.82, 2.24) is 0 Å². The van der Waals surface area contributed by atoms with Gasteiger partial charge in [-0.2, -0.15) is 0 Å². The molecule has 0 saturated carbocycles. The van der Waals surface area contributed by atoms with E-state index in [2.05, 4.69) is 0 Å². The number of aliphatic hydroxyl groups excluding tert-OH is 1. The lowest BCUT2D eigenvalue weighted by atomic mass is 9.96. The van der Waals surface area contributed by atoms with Crippen LogP contribution in [0.3, 0.4) is 0 Å². The minimum atomic E-state index is -0.720. The third-order valence-corrected chi connectivity index (χ3v) is 6.67.